The van der Waals surface area contributed by atoms with Gasteiger partial charge >= 0.3 is 0 Å². The molecule has 1 saturated heterocycles. The summed E-state index contributed by atoms with van der Waals surface area (Å²) in [6.07, 6.45) is 14.9. The second-order valence-electron chi connectivity index (χ2n) is 8.36. The van der Waals surface area contributed by atoms with E-state index in [1.54, 1.807) is 0 Å². The number of amides is 1. The van der Waals surface area contributed by atoms with Gasteiger partial charge in [0.1, 0.15) is 0 Å². The molecule has 0 atom stereocenters. The molecule has 2 aliphatic carbocycles. The molecule has 6 heteroatoms. The van der Waals surface area contributed by atoms with Gasteiger partial charge in [-0.15, -0.1) is 24.0 Å². The SMILES string of the molecule is CN=C(NCCC(=O)NC1CCCCC1)N1CCC2(CCCCC2)C1.I. The van der Waals surface area contributed by atoms with Crippen molar-refractivity contribution in [3.63, 3.8) is 0 Å². The lowest BCUT2D eigenvalue weighted by molar-refractivity contribution is -0.121. The van der Waals surface area contributed by atoms with Crippen molar-refractivity contribution in [2.75, 3.05) is 26.7 Å². The van der Waals surface area contributed by atoms with Gasteiger partial charge in [0, 0.05) is 39.1 Å². The molecule has 0 bridgehead atoms. The van der Waals surface area contributed by atoms with Crippen molar-refractivity contribution < 1.29 is 4.79 Å². The van der Waals surface area contributed by atoms with E-state index in [-0.39, 0.29) is 29.9 Å². The molecule has 2 N–H and O–H groups in total. The second kappa shape index (κ2) is 10.7. The molecule has 1 amide bonds. The van der Waals surface area contributed by atoms with Crippen molar-refractivity contribution in [3.05, 3.63) is 0 Å². The van der Waals surface area contributed by atoms with Gasteiger partial charge < -0.3 is 15.5 Å². The van der Waals surface area contributed by atoms with Crippen LogP contribution in [0.15, 0.2) is 4.99 Å². The van der Waals surface area contributed by atoms with Crippen LogP contribution in [-0.4, -0.2) is 49.5 Å². The smallest absolute Gasteiger partial charge is 0.221 e. The predicted octanol–water partition coefficient (Wildman–Crippen LogP) is 3.68. The third-order valence-electron chi connectivity index (χ3n) is 6.47. The molecule has 0 radical (unpaired) electrons. The normalized spacial score (nSPS) is 23.6. The van der Waals surface area contributed by atoms with Crippen LogP contribution < -0.4 is 10.6 Å². The highest BCUT2D eigenvalue weighted by Gasteiger charge is 2.39. The van der Waals surface area contributed by atoms with Crippen molar-refractivity contribution in [1.29, 1.82) is 0 Å². The maximum atomic E-state index is 12.1. The maximum Gasteiger partial charge on any atom is 0.221 e. The van der Waals surface area contributed by atoms with Crippen molar-refractivity contribution >= 4 is 35.8 Å². The Hall–Kier alpha value is -0.530. The van der Waals surface area contributed by atoms with Crippen LogP contribution in [0.4, 0.5) is 0 Å². The third kappa shape index (κ3) is 5.99. The van der Waals surface area contributed by atoms with Gasteiger partial charge in [0.25, 0.3) is 0 Å². The Morgan fingerprint density at radius 2 is 1.77 bits per heavy atom. The fraction of sp³-hybridized carbons (Fsp3) is 0.900. The van der Waals surface area contributed by atoms with Crippen molar-refractivity contribution in [1.82, 2.24) is 15.5 Å². The Labute approximate surface area is 176 Å². The Morgan fingerprint density at radius 1 is 1.08 bits per heavy atom. The Kier molecular flexibility index (Phi) is 8.97. The lowest BCUT2D eigenvalue weighted by Crippen LogP contribution is -2.43. The van der Waals surface area contributed by atoms with Gasteiger partial charge in [-0.05, 0) is 37.5 Å². The third-order valence-corrected chi connectivity index (χ3v) is 6.47. The van der Waals surface area contributed by atoms with Gasteiger partial charge in [0.05, 0.1) is 0 Å². The number of aliphatic imine (C=N–C) groups is 1. The first kappa shape index (κ1) is 21.8. The number of halogens is 1. The molecule has 26 heavy (non-hydrogen) atoms. The molecule has 0 aromatic rings. The molecule has 1 heterocycles. The fourth-order valence-corrected chi connectivity index (χ4v) is 4.99. The number of guanidine groups is 1. The van der Waals surface area contributed by atoms with Crippen LogP contribution in [-0.2, 0) is 4.79 Å². The van der Waals surface area contributed by atoms with Gasteiger partial charge in [-0.25, -0.2) is 0 Å². The minimum absolute atomic E-state index is 0. The van der Waals surface area contributed by atoms with E-state index < -0.39 is 0 Å². The van der Waals surface area contributed by atoms with Crippen LogP contribution in [0.1, 0.15) is 77.0 Å². The summed E-state index contributed by atoms with van der Waals surface area (Å²) in [7, 11) is 1.86. The summed E-state index contributed by atoms with van der Waals surface area (Å²) in [4.78, 5) is 19.0. The molecule has 0 aromatic heterocycles. The summed E-state index contributed by atoms with van der Waals surface area (Å²) in [5.41, 5.74) is 0.536. The van der Waals surface area contributed by atoms with Crippen LogP contribution in [0.3, 0.4) is 0 Å². The van der Waals surface area contributed by atoms with Crippen LogP contribution in [0.25, 0.3) is 0 Å². The van der Waals surface area contributed by atoms with Gasteiger partial charge in [-0.2, -0.15) is 0 Å². The minimum atomic E-state index is 0. The van der Waals surface area contributed by atoms with Crippen LogP contribution in [0.5, 0.6) is 0 Å². The second-order valence-corrected chi connectivity index (χ2v) is 8.36. The molecular weight excluding hydrogens is 439 g/mol. The number of rotatable bonds is 4. The average molecular weight is 476 g/mol. The van der Waals surface area contributed by atoms with E-state index in [4.69, 9.17) is 0 Å². The number of hydrogen-bond acceptors (Lipinski definition) is 2. The topological polar surface area (TPSA) is 56.7 Å². The summed E-state index contributed by atoms with van der Waals surface area (Å²) in [6.45, 7) is 2.92. The summed E-state index contributed by atoms with van der Waals surface area (Å²) in [5.74, 6) is 1.16. The van der Waals surface area contributed by atoms with Crippen molar-refractivity contribution in [2.45, 2.75) is 83.1 Å². The van der Waals surface area contributed by atoms with E-state index in [2.05, 4.69) is 20.5 Å². The van der Waals surface area contributed by atoms with Crippen LogP contribution >= 0.6 is 24.0 Å². The summed E-state index contributed by atoms with van der Waals surface area (Å²) < 4.78 is 0. The molecular formula is C20H37IN4O. The molecule has 1 spiro atoms. The number of likely N-dealkylation sites (tertiary alicyclic amines) is 1. The van der Waals surface area contributed by atoms with Crippen molar-refractivity contribution in [2.24, 2.45) is 10.4 Å². The van der Waals surface area contributed by atoms with Gasteiger partial charge in [0.2, 0.25) is 5.91 Å². The highest BCUT2D eigenvalue weighted by molar-refractivity contribution is 14.0. The Bertz CT molecular complexity index is 470. The zero-order chi connectivity index (χ0) is 17.5. The van der Waals surface area contributed by atoms with Crippen molar-refractivity contribution in [3.8, 4) is 0 Å². The van der Waals surface area contributed by atoms with E-state index in [1.807, 2.05) is 7.05 Å². The molecule has 0 unspecified atom stereocenters. The number of nitrogens with zero attached hydrogens (tertiary/aromatic N) is 2. The van der Waals surface area contributed by atoms with Gasteiger partial charge in [0.15, 0.2) is 5.96 Å². The van der Waals surface area contributed by atoms with Gasteiger partial charge in [-0.3, -0.25) is 9.79 Å². The van der Waals surface area contributed by atoms with E-state index in [0.717, 1.165) is 31.9 Å². The summed E-state index contributed by atoms with van der Waals surface area (Å²) >= 11 is 0. The minimum Gasteiger partial charge on any atom is -0.356 e. The molecule has 0 aromatic carbocycles. The number of hydrogen-bond donors (Lipinski definition) is 2. The first-order chi connectivity index (χ1) is 12.2. The predicted molar refractivity (Wildman–Crippen MR) is 118 cm³/mol. The molecule has 1 aliphatic heterocycles. The molecule has 3 rings (SSSR count). The van der Waals surface area contributed by atoms with E-state index in [1.165, 1.54) is 57.8 Å². The molecule has 150 valence electrons. The standard InChI is InChI=1S/C20H36N4O.HI/c1-21-19(24-15-13-20(16-24)11-6-3-7-12-20)22-14-10-18(25)23-17-8-4-2-5-9-17;/h17H,2-16H2,1H3,(H,21,22)(H,23,25);1H. The molecule has 3 aliphatic rings. The van der Waals surface area contributed by atoms with Crippen LogP contribution in [0.2, 0.25) is 0 Å². The highest BCUT2D eigenvalue weighted by Crippen LogP contribution is 2.43. The highest BCUT2D eigenvalue weighted by atomic mass is 127. The average Bonchev–Trinajstić information content (AvgIpc) is 3.03. The maximum absolute atomic E-state index is 12.1. The summed E-state index contributed by atoms with van der Waals surface area (Å²) in [6, 6.07) is 0.408. The number of carbonyl (C=O) groups is 1. The summed E-state index contributed by atoms with van der Waals surface area (Å²) in [5, 5.41) is 6.61. The zero-order valence-corrected chi connectivity index (χ0v) is 18.7. The van der Waals surface area contributed by atoms with Gasteiger partial charge in [-0.1, -0.05) is 38.5 Å². The fourth-order valence-electron chi connectivity index (χ4n) is 4.99. The Morgan fingerprint density at radius 3 is 2.46 bits per heavy atom. The largest absolute Gasteiger partial charge is 0.356 e. The molecule has 2 saturated carbocycles. The quantitative estimate of drug-likeness (QED) is 0.370. The first-order valence-electron chi connectivity index (χ1n) is 10.5. The number of nitrogens with one attached hydrogen (secondary N) is 2. The molecule has 5 nitrogen and oxygen atoms in total. The monoisotopic (exact) mass is 476 g/mol. The first-order valence-corrected chi connectivity index (χ1v) is 10.5. The zero-order valence-electron chi connectivity index (χ0n) is 16.4. The Balaban J connectivity index is 0.00000243. The van der Waals surface area contributed by atoms with E-state index >= 15 is 0 Å². The van der Waals surface area contributed by atoms with Crippen LogP contribution in [0, 0.1) is 5.41 Å². The number of carbonyl (C=O) groups excluding carboxylic acids is 1. The van der Waals surface area contributed by atoms with E-state index in [9.17, 15) is 4.79 Å². The molecule has 3 fully saturated rings. The lowest BCUT2D eigenvalue weighted by atomic mass is 9.73. The van der Waals surface area contributed by atoms with E-state index in [0.29, 0.717) is 24.4 Å². The lowest BCUT2D eigenvalue weighted by Gasteiger charge is -2.33.